The fourth-order valence-electron chi connectivity index (χ4n) is 1.62. The highest BCUT2D eigenvalue weighted by Gasteiger charge is 2.12. The number of hydrogen-bond donors (Lipinski definition) is 0. The zero-order valence-electron chi connectivity index (χ0n) is 8.77. The second-order valence-corrected chi connectivity index (χ2v) is 5.83. The first kappa shape index (κ1) is 10.2. The van der Waals surface area contributed by atoms with Gasteiger partial charge in [-0.15, -0.1) is 0 Å². The third kappa shape index (κ3) is 1.65. The lowest BCUT2D eigenvalue weighted by Gasteiger charge is -2.02. The summed E-state index contributed by atoms with van der Waals surface area (Å²) >= 11 is 0. The lowest BCUT2D eigenvalue weighted by molar-refractivity contribution is 0.597. The van der Waals surface area contributed by atoms with Gasteiger partial charge in [-0.25, -0.2) is 8.42 Å². The summed E-state index contributed by atoms with van der Waals surface area (Å²) in [5.41, 5.74) is 1.05. The van der Waals surface area contributed by atoms with Crippen molar-refractivity contribution in [1.29, 1.82) is 0 Å². The van der Waals surface area contributed by atoms with Gasteiger partial charge in [0.2, 0.25) is 0 Å². The van der Waals surface area contributed by atoms with Crippen molar-refractivity contribution in [2.45, 2.75) is 11.8 Å². The quantitative estimate of drug-likeness (QED) is 0.780. The van der Waals surface area contributed by atoms with E-state index in [1.807, 2.05) is 29.9 Å². The molecule has 2 rings (SSSR count). The van der Waals surface area contributed by atoms with E-state index < -0.39 is 9.84 Å². The molecule has 15 heavy (non-hydrogen) atoms. The van der Waals surface area contributed by atoms with Crippen molar-refractivity contribution >= 4 is 20.7 Å². The molecule has 0 saturated heterocycles. The molecule has 1 aromatic heterocycles. The Morgan fingerprint density at radius 3 is 2.67 bits per heavy atom. The van der Waals surface area contributed by atoms with Gasteiger partial charge in [-0.05, 0) is 24.3 Å². The number of sulfone groups is 1. The molecule has 0 bridgehead atoms. The molecule has 0 unspecified atom stereocenters. The van der Waals surface area contributed by atoms with Gasteiger partial charge in [-0.1, -0.05) is 6.92 Å². The topological polar surface area (TPSA) is 39.1 Å². The SMILES string of the molecule is CCS(=O)(=O)c1ccc2c(ccn2C)c1. The Bertz CT molecular complexity index is 596. The minimum absolute atomic E-state index is 0.144. The second-order valence-electron chi connectivity index (χ2n) is 3.55. The van der Waals surface area contributed by atoms with E-state index in [2.05, 4.69) is 0 Å². The summed E-state index contributed by atoms with van der Waals surface area (Å²) < 4.78 is 25.3. The van der Waals surface area contributed by atoms with E-state index in [1.165, 1.54) is 0 Å². The van der Waals surface area contributed by atoms with Crippen LogP contribution in [0.25, 0.3) is 10.9 Å². The summed E-state index contributed by atoms with van der Waals surface area (Å²) in [6, 6.07) is 7.16. The largest absolute Gasteiger partial charge is 0.351 e. The zero-order valence-corrected chi connectivity index (χ0v) is 9.58. The van der Waals surface area contributed by atoms with Crippen LogP contribution in [-0.4, -0.2) is 18.7 Å². The van der Waals surface area contributed by atoms with Gasteiger partial charge in [0.25, 0.3) is 0 Å². The van der Waals surface area contributed by atoms with Crippen LogP contribution in [0.5, 0.6) is 0 Å². The van der Waals surface area contributed by atoms with Gasteiger partial charge in [0.1, 0.15) is 0 Å². The van der Waals surface area contributed by atoms with E-state index in [-0.39, 0.29) is 5.75 Å². The van der Waals surface area contributed by atoms with Crippen LogP contribution in [0, 0.1) is 0 Å². The first-order valence-electron chi connectivity index (χ1n) is 4.82. The van der Waals surface area contributed by atoms with Crippen LogP contribution in [0.1, 0.15) is 6.92 Å². The summed E-state index contributed by atoms with van der Waals surface area (Å²) in [5, 5.41) is 0.965. The summed E-state index contributed by atoms with van der Waals surface area (Å²) in [5.74, 6) is 0.144. The molecule has 0 fully saturated rings. The summed E-state index contributed by atoms with van der Waals surface area (Å²) in [6.07, 6.45) is 1.92. The zero-order chi connectivity index (χ0) is 11.1. The summed E-state index contributed by atoms with van der Waals surface area (Å²) in [4.78, 5) is 0.406. The monoisotopic (exact) mass is 223 g/mol. The van der Waals surface area contributed by atoms with Gasteiger partial charge in [-0.2, -0.15) is 0 Å². The Hall–Kier alpha value is -1.29. The van der Waals surface area contributed by atoms with E-state index in [4.69, 9.17) is 0 Å². The molecule has 1 aromatic carbocycles. The highest BCUT2D eigenvalue weighted by atomic mass is 32.2. The van der Waals surface area contributed by atoms with Gasteiger partial charge >= 0.3 is 0 Å². The van der Waals surface area contributed by atoms with Crippen molar-refractivity contribution in [1.82, 2.24) is 4.57 Å². The molecular formula is C11H13NO2S. The predicted molar refractivity (Wildman–Crippen MR) is 60.6 cm³/mol. The summed E-state index contributed by atoms with van der Waals surface area (Å²) in [6.45, 7) is 1.66. The fourth-order valence-corrected chi connectivity index (χ4v) is 2.54. The average molecular weight is 223 g/mol. The van der Waals surface area contributed by atoms with Crippen molar-refractivity contribution in [2.75, 3.05) is 5.75 Å². The molecule has 0 aliphatic carbocycles. The molecule has 4 heteroatoms. The van der Waals surface area contributed by atoms with Crippen molar-refractivity contribution in [3.63, 3.8) is 0 Å². The van der Waals surface area contributed by atoms with Crippen LogP contribution in [0.2, 0.25) is 0 Å². The van der Waals surface area contributed by atoms with Crippen LogP contribution < -0.4 is 0 Å². The lowest BCUT2D eigenvalue weighted by atomic mass is 10.2. The van der Waals surface area contributed by atoms with Gasteiger partial charge in [-0.3, -0.25) is 0 Å². The maximum absolute atomic E-state index is 11.6. The van der Waals surface area contributed by atoms with Crippen LogP contribution in [-0.2, 0) is 16.9 Å². The normalized spacial score (nSPS) is 12.1. The van der Waals surface area contributed by atoms with Crippen LogP contribution in [0.4, 0.5) is 0 Å². The number of fused-ring (bicyclic) bond motifs is 1. The third-order valence-corrected chi connectivity index (χ3v) is 4.33. The van der Waals surface area contributed by atoms with Crippen LogP contribution in [0.15, 0.2) is 35.4 Å². The lowest BCUT2D eigenvalue weighted by Crippen LogP contribution is -2.03. The first-order valence-corrected chi connectivity index (χ1v) is 6.47. The third-order valence-electron chi connectivity index (χ3n) is 2.60. The van der Waals surface area contributed by atoms with E-state index in [0.717, 1.165) is 10.9 Å². The summed E-state index contributed by atoms with van der Waals surface area (Å²) in [7, 11) is -1.15. The Balaban J connectivity index is 2.67. The van der Waals surface area contributed by atoms with Gasteiger partial charge < -0.3 is 4.57 Å². The van der Waals surface area contributed by atoms with E-state index >= 15 is 0 Å². The average Bonchev–Trinajstić information content (AvgIpc) is 2.60. The number of rotatable bonds is 2. The molecular weight excluding hydrogens is 210 g/mol. The molecule has 2 aromatic rings. The minimum atomic E-state index is -3.09. The van der Waals surface area contributed by atoms with Crippen molar-refractivity contribution in [3.05, 3.63) is 30.5 Å². The van der Waals surface area contributed by atoms with Gasteiger partial charge in [0, 0.05) is 24.1 Å². The molecule has 0 atom stereocenters. The molecule has 1 heterocycles. The maximum Gasteiger partial charge on any atom is 0.178 e. The van der Waals surface area contributed by atoms with Gasteiger partial charge in [0.05, 0.1) is 10.6 Å². The number of benzene rings is 1. The molecule has 80 valence electrons. The molecule has 0 N–H and O–H groups in total. The highest BCUT2D eigenvalue weighted by molar-refractivity contribution is 7.91. The van der Waals surface area contributed by atoms with E-state index in [9.17, 15) is 8.42 Å². The van der Waals surface area contributed by atoms with Crippen molar-refractivity contribution < 1.29 is 8.42 Å². The fraction of sp³-hybridized carbons (Fsp3) is 0.273. The van der Waals surface area contributed by atoms with E-state index in [0.29, 0.717) is 4.90 Å². The van der Waals surface area contributed by atoms with Crippen LogP contribution in [0.3, 0.4) is 0 Å². The molecule has 3 nitrogen and oxygen atoms in total. The number of aromatic nitrogens is 1. The molecule has 0 aliphatic rings. The Labute approximate surface area is 89.3 Å². The molecule has 0 radical (unpaired) electrons. The molecule has 0 amide bonds. The van der Waals surface area contributed by atoms with Crippen molar-refractivity contribution in [3.8, 4) is 0 Å². The standard InChI is InChI=1S/C11H13NO2S/c1-3-15(13,14)10-4-5-11-9(8-10)6-7-12(11)2/h4-8H,3H2,1-2H3. The highest BCUT2D eigenvalue weighted by Crippen LogP contribution is 2.20. The first-order chi connectivity index (χ1) is 7.04. The molecule has 0 saturated carbocycles. The van der Waals surface area contributed by atoms with Crippen molar-refractivity contribution in [2.24, 2.45) is 7.05 Å². The Morgan fingerprint density at radius 1 is 1.27 bits per heavy atom. The molecule has 0 aliphatic heterocycles. The minimum Gasteiger partial charge on any atom is -0.351 e. The smallest absolute Gasteiger partial charge is 0.178 e. The molecule has 0 spiro atoms. The Kier molecular flexibility index (Phi) is 2.31. The number of hydrogen-bond acceptors (Lipinski definition) is 2. The second kappa shape index (κ2) is 3.38. The Morgan fingerprint density at radius 2 is 2.00 bits per heavy atom. The number of nitrogens with zero attached hydrogens (tertiary/aromatic N) is 1. The predicted octanol–water partition coefficient (Wildman–Crippen LogP) is 1.97. The van der Waals surface area contributed by atoms with E-state index in [1.54, 1.807) is 19.1 Å². The number of aryl methyl sites for hydroxylation is 1. The van der Waals surface area contributed by atoms with Crippen LogP contribution >= 0.6 is 0 Å². The van der Waals surface area contributed by atoms with Gasteiger partial charge in [0.15, 0.2) is 9.84 Å². The maximum atomic E-state index is 11.6.